The van der Waals surface area contributed by atoms with Crippen LogP contribution in [-0.2, 0) is 0 Å². The second-order valence-electron chi connectivity index (χ2n) is 4.76. The van der Waals surface area contributed by atoms with Crippen molar-refractivity contribution in [3.05, 3.63) is 41.4 Å². The zero-order valence-electron chi connectivity index (χ0n) is 9.96. The van der Waals surface area contributed by atoms with Crippen LogP contribution >= 0.6 is 0 Å². The van der Waals surface area contributed by atoms with Crippen molar-refractivity contribution in [3.63, 3.8) is 0 Å². The Morgan fingerprint density at radius 2 is 2.00 bits per heavy atom. The molecule has 0 saturated carbocycles. The average molecular weight is 241 g/mol. The number of fused-ring (bicyclic) bond motifs is 1. The molecule has 18 heavy (non-hydrogen) atoms. The topological polar surface area (TPSA) is 64.8 Å². The van der Waals surface area contributed by atoms with Crippen LogP contribution in [0.1, 0.15) is 18.3 Å². The molecule has 92 valence electrons. The summed E-state index contributed by atoms with van der Waals surface area (Å²) in [5, 5.41) is 19.1. The van der Waals surface area contributed by atoms with E-state index in [9.17, 15) is 0 Å². The zero-order valence-corrected chi connectivity index (χ0v) is 9.96. The first-order valence-corrected chi connectivity index (χ1v) is 6.30. The van der Waals surface area contributed by atoms with Crippen LogP contribution in [0.2, 0.25) is 0 Å². The third-order valence-electron chi connectivity index (χ3n) is 3.63. The van der Waals surface area contributed by atoms with Crippen LogP contribution in [0.25, 0.3) is 10.9 Å². The molecule has 5 nitrogen and oxygen atoms in total. The Labute approximate surface area is 105 Å². The molecule has 3 heterocycles. The first kappa shape index (κ1) is 9.96. The molecule has 4 rings (SSSR count). The van der Waals surface area contributed by atoms with Crippen LogP contribution in [-0.4, -0.2) is 23.3 Å². The molecule has 0 spiro atoms. The molecule has 2 aliphatic rings. The van der Waals surface area contributed by atoms with Gasteiger partial charge in [-0.25, -0.2) is 0 Å². The number of hydrogen-bond acceptors (Lipinski definition) is 4. The molecule has 0 amide bonds. The van der Waals surface area contributed by atoms with E-state index in [0.29, 0.717) is 0 Å². The number of rotatable bonds is 1. The predicted octanol–water partition coefficient (Wildman–Crippen LogP) is 0.959. The number of para-hydroxylation sites is 1. The number of nitrogens with one attached hydrogen (secondary N) is 4. The lowest BCUT2D eigenvalue weighted by molar-refractivity contribution is 0.568. The molecule has 0 radical (unpaired) electrons. The molecule has 2 aromatic rings. The molecule has 1 aromatic heterocycles. The van der Waals surface area contributed by atoms with Crippen LogP contribution in [0.3, 0.4) is 0 Å². The highest BCUT2D eigenvalue weighted by Gasteiger charge is 2.27. The highest BCUT2D eigenvalue weighted by Crippen LogP contribution is 2.26. The number of nitrogens with zero attached hydrogens (tertiary/aromatic N) is 1. The van der Waals surface area contributed by atoms with E-state index in [2.05, 4.69) is 38.3 Å². The van der Waals surface area contributed by atoms with Gasteiger partial charge in [0.2, 0.25) is 0 Å². The van der Waals surface area contributed by atoms with Gasteiger partial charge in [-0.3, -0.25) is 5.10 Å². The second kappa shape index (κ2) is 3.74. The number of aromatic nitrogens is 2. The van der Waals surface area contributed by atoms with Crippen LogP contribution in [0.15, 0.2) is 35.7 Å². The van der Waals surface area contributed by atoms with E-state index in [-0.39, 0.29) is 6.17 Å². The summed E-state index contributed by atoms with van der Waals surface area (Å²) < 4.78 is 0. The summed E-state index contributed by atoms with van der Waals surface area (Å²) in [5.74, 6) is 0. The SMILES string of the molecule is c1ccc2c(C3NC4=C(CNCC4)N3)n[nH]c2c1. The second-order valence-corrected chi connectivity index (χ2v) is 4.76. The summed E-state index contributed by atoms with van der Waals surface area (Å²) in [6.45, 7) is 1.96. The Morgan fingerprint density at radius 1 is 1.11 bits per heavy atom. The van der Waals surface area contributed by atoms with Gasteiger partial charge in [0.1, 0.15) is 11.9 Å². The van der Waals surface area contributed by atoms with E-state index >= 15 is 0 Å². The van der Waals surface area contributed by atoms with Gasteiger partial charge in [-0.1, -0.05) is 18.2 Å². The van der Waals surface area contributed by atoms with Crippen molar-refractivity contribution >= 4 is 10.9 Å². The van der Waals surface area contributed by atoms with Crippen molar-refractivity contribution < 1.29 is 0 Å². The van der Waals surface area contributed by atoms with Crippen LogP contribution in [0.4, 0.5) is 0 Å². The lowest BCUT2D eigenvalue weighted by atomic mass is 10.2. The fourth-order valence-corrected chi connectivity index (χ4v) is 2.71. The smallest absolute Gasteiger partial charge is 0.143 e. The molecule has 5 heteroatoms. The summed E-state index contributed by atoms with van der Waals surface area (Å²) in [6.07, 6.45) is 1.15. The summed E-state index contributed by atoms with van der Waals surface area (Å²) >= 11 is 0. The van der Waals surface area contributed by atoms with Gasteiger partial charge >= 0.3 is 0 Å². The van der Waals surface area contributed by atoms with Crippen molar-refractivity contribution in [3.8, 4) is 0 Å². The minimum absolute atomic E-state index is 0.0889. The molecular formula is C13H15N5. The fourth-order valence-electron chi connectivity index (χ4n) is 2.71. The van der Waals surface area contributed by atoms with Crippen LogP contribution in [0.5, 0.6) is 0 Å². The normalized spacial score (nSPS) is 22.8. The molecule has 0 bridgehead atoms. The number of hydrogen-bond donors (Lipinski definition) is 4. The average Bonchev–Trinajstić information content (AvgIpc) is 3.02. The highest BCUT2D eigenvalue weighted by molar-refractivity contribution is 5.81. The quantitative estimate of drug-likeness (QED) is 0.600. The number of H-pyrrole nitrogens is 1. The first-order chi connectivity index (χ1) is 8.92. The molecule has 0 saturated heterocycles. The Bertz CT molecular complexity index is 609. The summed E-state index contributed by atoms with van der Waals surface area (Å²) in [4.78, 5) is 0. The van der Waals surface area contributed by atoms with E-state index < -0.39 is 0 Å². The molecule has 1 aromatic carbocycles. The van der Waals surface area contributed by atoms with E-state index in [1.54, 1.807) is 0 Å². The maximum atomic E-state index is 4.44. The van der Waals surface area contributed by atoms with Gasteiger partial charge in [0.15, 0.2) is 0 Å². The van der Waals surface area contributed by atoms with Crippen LogP contribution in [0, 0.1) is 0 Å². The monoisotopic (exact) mass is 241 g/mol. The third kappa shape index (κ3) is 1.41. The molecule has 2 aliphatic heterocycles. The van der Waals surface area contributed by atoms with E-state index in [1.165, 1.54) is 16.8 Å². The van der Waals surface area contributed by atoms with Crippen molar-refractivity contribution in [2.75, 3.05) is 13.1 Å². The van der Waals surface area contributed by atoms with Crippen molar-refractivity contribution in [1.29, 1.82) is 0 Å². The number of benzene rings is 1. The van der Waals surface area contributed by atoms with E-state index in [0.717, 1.165) is 30.7 Å². The maximum absolute atomic E-state index is 4.44. The Balaban J connectivity index is 1.69. The van der Waals surface area contributed by atoms with Crippen LogP contribution < -0.4 is 16.0 Å². The molecular weight excluding hydrogens is 226 g/mol. The summed E-state index contributed by atoms with van der Waals surface area (Å²) in [7, 11) is 0. The molecule has 4 N–H and O–H groups in total. The van der Waals surface area contributed by atoms with Gasteiger partial charge in [-0.2, -0.15) is 5.10 Å². The summed E-state index contributed by atoms with van der Waals surface area (Å²) in [6, 6.07) is 8.22. The first-order valence-electron chi connectivity index (χ1n) is 6.30. The lowest BCUT2D eigenvalue weighted by Gasteiger charge is -2.13. The van der Waals surface area contributed by atoms with Gasteiger partial charge in [0.05, 0.1) is 5.52 Å². The Morgan fingerprint density at radius 3 is 2.94 bits per heavy atom. The highest BCUT2D eigenvalue weighted by atomic mass is 15.3. The van der Waals surface area contributed by atoms with Gasteiger partial charge in [-0.05, 0) is 6.07 Å². The van der Waals surface area contributed by atoms with Gasteiger partial charge < -0.3 is 16.0 Å². The minimum Gasteiger partial charge on any atom is -0.362 e. The lowest BCUT2D eigenvalue weighted by Crippen LogP contribution is -2.28. The van der Waals surface area contributed by atoms with Gasteiger partial charge in [0.25, 0.3) is 0 Å². The molecule has 1 unspecified atom stereocenters. The fraction of sp³-hybridized carbons (Fsp3) is 0.308. The third-order valence-corrected chi connectivity index (χ3v) is 3.63. The van der Waals surface area contributed by atoms with E-state index in [1.807, 2.05) is 12.1 Å². The van der Waals surface area contributed by atoms with Crippen molar-refractivity contribution in [2.45, 2.75) is 12.6 Å². The van der Waals surface area contributed by atoms with Gasteiger partial charge in [-0.15, -0.1) is 0 Å². The van der Waals surface area contributed by atoms with Crippen molar-refractivity contribution in [2.24, 2.45) is 0 Å². The number of aromatic amines is 1. The summed E-state index contributed by atoms with van der Waals surface area (Å²) in [5.41, 5.74) is 4.73. The molecule has 1 atom stereocenters. The van der Waals surface area contributed by atoms with E-state index in [4.69, 9.17) is 0 Å². The van der Waals surface area contributed by atoms with Crippen molar-refractivity contribution in [1.82, 2.24) is 26.1 Å². The molecule has 0 aliphatic carbocycles. The largest absolute Gasteiger partial charge is 0.362 e. The zero-order chi connectivity index (χ0) is 11.9. The standard InChI is InChI=1S/C13H15N5/c1-2-4-9-8(3-1)12(18-17-9)13-15-10-5-6-14-7-11(10)16-13/h1-4,13-16H,5-7H2,(H,17,18). The maximum Gasteiger partial charge on any atom is 0.143 e. The molecule has 0 fully saturated rings. The Hall–Kier alpha value is -2.01. The Kier molecular flexibility index (Phi) is 2.07. The van der Waals surface area contributed by atoms with Gasteiger partial charge in [0, 0.05) is 36.3 Å². The minimum atomic E-state index is 0.0889. The predicted molar refractivity (Wildman–Crippen MR) is 69.6 cm³/mol.